The molecule has 3 nitrogen and oxygen atoms in total. The molecular weight excluding hydrogens is 246 g/mol. The number of ketones is 1. The van der Waals surface area contributed by atoms with E-state index < -0.39 is 0 Å². The minimum absolute atomic E-state index is 0.293. The van der Waals surface area contributed by atoms with E-state index in [4.69, 9.17) is 4.74 Å². The first-order valence-corrected chi connectivity index (χ1v) is 7.64. The SMILES string of the molecule is O=C(CCCN1CC2CCC(C1)O2)c1cccs1. The third kappa shape index (κ3) is 2.82. The fraction of sp³-hybridized carbons (Fsp3) is 0.643. The average molecular weight is 265 g/mol. The zero-order valence-corrected chi connectivity index (χ0v) is 11.3. The molecular formula is C14H19NO2S. The predicted molar refractivity (Wildman–Crippen MR) is 72.2 cm³/mol. The Morgan fingerprint density at radius 2 is 2.17 bits per heavy atom. The fourth-order valence-corrected chi connectivity index (χ4v) is 3.60. The molecule has 4 heteroatoms. The molecule has 0 saturated carbocycles. The highest BCUT2D eigenvalue weighted by Crippen LogP contribution is 2.26. The monoisotopic (exact) mass is 265 g/mol. The van der Waals surface area contributed by atoms with Gasteiger partial charge >= 0.3 is 0 Å². The van der Waals surface area contributed by atoms with Crippen LogP contribution >= 0.6 is 11.3 Å². The molecule has 0 N–H and O–H groups in total. The summed E-state index contributed by atoms with van der Waals surface area (Å²) in [5.41, 5.74) is 0. The topological polar surface area (TPSA) is 29.5 Å². The lowest BCUT2D eigenvalue weighted by molar-refractivity contribution is -0.0383. The van der Waals surface area contributed by atoms with Gasteiger partial charge in [0, 0.05) is 19.5 Å². The van der Waals surface area contributed by atoms with E-state index in [0.29, 0.717) is 24.4 Å². The molecule has 0 aromatic carbocycles. The van der Waals surface area contributed by atoms with Crippen molar-refractivity contribution < 1.29 is 9.53 Å². The highest BCUT2D eigenvalue weighted by Gasteiger charge is 2.33. The normalized spacial score (nSPS) is 27.6. The van der Waals surface area contributed by atoms with Gasteiger partial charge in [0.15, 0.2) is 5.78 Å². The van der Waals surface area contributed by atoms with Crippen molar-refractivity contribution in [3.8, 4) is 0 Å². The minimum Gasteiger partial charge on any atom is -0.372 e. The minimum atomic E-state index is 0.293. The molecule has 18 heavy (non-hydrogen) atoms. The van der Waals surface area contributed by atoms with E-state index in [0.717, 1.165) is 30.9 Å². The number of rotatable bonds is 5. The maximum atomic E-state index is 11.9. The van der Waals surface area contributed by atoms with Crippen LogP contribution in [0.2, 0.25) is 0 Å². The Bertz CT molecular complexity index is 392. The molecule has 2 aliphatic rings. The Morgan fingerprint density at radius 3 is 2.83 bits per heavy atom. The number of fused-ring (bicyclic) bond motifs is 2. The van der Waals surface area contributed by atoms with Gasteiger partial charge in [0.1, 0.15) is 0 Å². The molecule has 2 aliphatic heterocycles. The smallest absolute Gasteiger partial charge is 0.172 e. The molecule has 0 amide bonds. The van der Waals surface area contributed by atoms with Gasteiger partial charge in [0.25, 0.3) is 0 Å². The summed E-state index contributed by atoms with van der Waals surface area (Å²) in [7, 11) is 0. The number of carbonyl (C=O) groups is 1. The number of Topliss-reactive ketones (excluding diaryl/α,β-unsaturated/α-hetero) is 1. The van der Waals surface area contributed by atoms with Crippen molar-refractivity contribution in [2.24, 2.45) is 0 Å². The summed E-state index contributed by atoms with van der Waals surface area (Å²) >= 11 is 1.54. The summed E-state index contributed by atoms with van der Waals surface area (Å²) in [6.07, 6.45) is 4.99. The van der Waals surface area contributed by atoms with E-state index in [1.165, 1.54) is 12.8 Å². The van der Waals surface area contributed by atoms with Gasteiger partial charge in [0.05, 0.1) is 17.1 Å². The number of ether oxygens (including phenoxy) is 1. The second kappa shape index (κ2) is 5.51. The van der Waals surface area contributed by atoms with Crippen molar-refractivity contribution in [2.45, 2.75) is 37.9 Å². The zero-order valence-electron chi connectivity index (χ0n) is 10.5. The number of hydrogen-bond donors (Lipinski definition) is 0. The van der Waals surface area contributed by atoms with Crippen LogP contribution in [-0.4, -0.2) is 42.5 Å². The van der Waals surface area contributed by atoms with Crippen molar-refractivity contribution >= 4 is 17.1 Å². The lowest BCUT2D eigenvalue weighted by Crippen LogP contribution is -2.42. The third-order valence-corrected chi connectivity index (χ3v) is 4.70. The van der Waals surface area contributed by atoms with E-state index in [2.05, 4.69) is 4.90 Å². The lowest BCUT2D eigenvalue weighted by atomic mass is 10.2. The van der Waals surface area contributed by atoms with Gasteiger partial charge in [-0.2, -0.15) is 0 Å². The van der Waals surface area contributed by atoms with Gasteiger partial charge in [-0.15, -0.1) is 11.3 Å². The van der Waals surface area contributed by atoms with Crippen molar-refractivity contribution in [1.82, 2.24) is 4.90 Å². The second-order valence-corrected chi connectivity index (χ2v) is 6.17. The Morgan fingerprint density at radius 1 is 1.39 bits per heavy atom. The number of likely N-dealkylation sites (tertiary alicyclic amines) is 1. The van der Waals surface area contributed by atoms with Crippen LogP contribution in [0.5, 0.6) is 0 Å². The summed E-state index contributed by atoms with van der Waals surface area (Å²) in [5.74, 6) is 0.293. The molecule has 2 atom stereocenters. The molecule has 2 fully saturated rings. The first-order chi connectivity index (χ1) is 8.81. The van der Waals surface area contributed by atoms with Crippen LogP contribution in [0.15, 0.2) is 17.5 Å². The Hall–Kier alpha value is -0.710. The van der Waals surface area contributed by atoms with Crippen LogP contribution in [0.3, 0.4) is 0 Å². The first kappa shape index (κ1) is 12.3. The van der Waals surface area contributed by atoms with Crippen LogP contribution in [0.25, 0.3) is 0 Å². The molecule has 2 unspecified atom stereocenters. The van der Waals surface area contributed by atoms with Crippen molar-refractivity contribution in [3.05, 3.63) is 22.4 Å². The van der Waals surface area contributed by atoms with Gasteiger partial charge in [-0.1, -0.05) is 6.07 Å². The van der Waals surface area contributed by atoms with E-state index in [1.807, 2.05) is 17.5 Å². The molecule has 0 radical (unpaired) electrons. The molecule has 3 heterocycles. The Labute approximate surface area is 112 Å². The van der Waals surface area contributed by atoms with Crippen LogP contribution in [-0.2, 0) is 4.74 Å². The van der Waals surface area contributed by atoms with Crippen LogP contribution < -0.4 is 0 Å². The lowest BCUT2D eigenvalue weighted by Gasteiger charge is -2.31. The third-order valence-electron chi connectivity index (χ3n) is 3.79. The summed E-state index contributed by atoms with van der Waals surface area (Å²) < 4.78 is 5.81. The number of nitrogens with zero attached hydrogens (tertiary/aromatic N) is 1. The maximum Gasteiger partial charge on any atom is 0.172 e. The van der Waals surface area contributed by atoms with E-state index in [9.17, 15) is 4.79 Å². The highest BCUT2D eigenvalue weighted by atomic mass is 32.1. The predicted octanol–water partition coefficient (Wildman–Crippen LogP) is 2.57. The van der Waals surface area contributed by atoms with Crippen molar-refractivity contribution in [2.75, 3.05) is 19.6 Å². The van der Waals surface area contributed by atoms with E-state index in [-0.39, 0.29) is 0 Å². The summed E-state index contributed by atoms with van der Waals surface area (Å²) in [4.78, 5) is 15.2. The molecule has 2 saturated heterocycles. The van der Waals surface area contributed by atoms with Crippen LogP contribution in [0.4, 0.5) is 0 Å². The average Bonchev–Trinajstić information content (AvgIpc) is 2.99. The maximum absolute atomic E-state index is 11.9. The summed E-state index contributed by atoms with van der Waals surface area (Å²) in [5, 5.41) is 1.97. The molecule has 1 aromatic heterocycles. The van der Waals surface area contributed by atoms with Gasteiger partial charge in [-0.25, -0.2) is 0 Å². The van der Waals surface area contributed by atoms with Crippen LogP contribution in [0, 0.1) is 0 Å². The van der Waals surface area contributed by atoms with Gasteiger partial charge in [-0.05, 0) is 37.3 Å². The number of morpholine rings is 1. The molecule has 3 rings (SSSR count). The second-order valence-electron chi connectivity index (χ2n) is 5.22. The first-order valence-electron chi connectivity index (χ1n) is 6.76. The molecule has 0 spiro atoms. The fourth-order valence-electron chi connectivity index (χ4n) is 2.91. The summed E-state index contributed by atoms with van der Waals surface area (Å²) in [6, 6.07) is 3.86. The number of thiophene rings is 1. The summed E-state index contributed by atoms with van der Waals surface area (Å²) in [6.45, 7) is 3.15. The number of hydrogen-bond acceptors (Lipinski definition) is 4. The Kier molecular flexibility index (Phi) is 3.77. The largest absolute Gasteiger partial charge is 0.372 e. The van der Waals surface area contributed by atoms with Gasteiger partial charge in [0.2, 0.25) is 0 Å². The molecule has 0 aliphatic carbocycles. The number of carbonyl (C=O) groups excluding carboxylic acids is 1. The Balaban J connectivity index is 1.41. The molecule has 98 valence electrons. The van der Waals surface area contributed by atoms with Crippen LogP contribution in [0.1, 0.15) is 35.4 Å². The molecule has 2 bridgehead atoms. The van der Waals surface area contributed by atoms with Crippen molar-refractivity contribution in [1.29, 1.82) is 0 Å². The molecule has 1 aromatic rings. The van der Waals surface area contributed by atoms with E-state index in [1.54, 1.807) is 11.3 Å². The quantitative estimate of drug-likeness (QED) is 0.766. The van der Waals surface area contributed by atoms with Crippen molar-refractivity contribution in [3.63, 3.8) is 0 Å². The standard InChI is InChI=1S/C14H19NO2S/c16-13(14-4-2-8-18-14)3-1-7-15-9-11-5-6-12(10-15)17-11/h2,4,8,11-12H,1,3,5-7,9-10H2. The van der Waals surface area contributed by atoms with Gasteiger partial charge in [-0.3, -0.25) is 9.69 Å². The highest BCUT2D eigenvalue weighted by molar-refractivity contribution is 7.12. The van der Waals surface area contributed by atoms with Gasteiger partial charge < -0.3 is 4.74 Å². The zero-order chi connectivity index (χ0) is 12.4. The van der Waals surface area contributed by atoms with E-state index >= 15 is 0 Å².